The summed E-state index contributed by atoms with van der Waals surface area (Å²) in [6, 6.07) is 4.62. The van der Waals surface area contributed by atoms with E-state index in [4.69, 9.17) is 28.3 Å². The molecule has 0 bridgehead atoms. The van der Waals surface area contributed by atoms with Gasteiger partial charge in [0, 0.05) is 22.5 Å². The van der Waals surface area contributed by atoms with E-state index in [-0.39, 0.29) is 36.2 Å². The maximum absolute atomic E-state index is 13.7. The number of carboxylic acid groups (broad SMARTS) is 1. The fraction of sp³-hybridized carbons (Fsp3) is 0.458. The van der Waals surface area contributed by atoms with Crippen molar-refractivity contribution < 1.29 is 34.2 Å². The Morgan fingerprint density at radius 1 is 1.08 bits per heavy atom. The third-order valence-corrected chi connectivity index (χ3v) is 10.4. The zero-order valence-corrected chi connectivity index (χ0v) is 23.7. The van der Waals surface area contributed by atoms with Crippen LogP contribution in [-0.2, 0) is 24.0 Å². The number of hydrogen-bond donors (Lipinski definition) is 2. The highest BCUT2D eigenvalue weighted by molar-refractivity contribution is 9.10. The lowest BCUT2D eigenvalue weighted by Crippen LogP contribution is -2.60. The van der Waals surface area contributed by atoms with Crippen LogP contribution in [0.25, 0.3) is 0 Å². The SMILES string of the molecule is O=C(O)CCN1C(=O)[C@H]2[C@H](CC=C3[C@H]2C[C@@]2(Cl)C(=O)N(CBr)C(=O)[C@@]2(Cl)[C@H]3c2cc(Br)ccc2O)C1=O. The molecule has 1 aromatic carbocycles. The smallest absolute Gasteiger partial charge is 0.305 e. The molecule has 2 saturated heterocycles. The van der Waals surface area contributed by atoms with Gasteiger partial charge in [0.2, 0.25) is 11.8 Å². The van der Waals surface area contributed by atoms with Crippen LogP contribution in [0.15, 0.2) is 34.3 Å². The minimum atomic E-state index is -2.01. The lowest BCUT2D eigenvalue weighted by molar-refractivity contribution is -0.143. The number of nitrogens with zero attached hydrogens (tertiary/aromatic N) is 2. The molecule has 3 fully saturated rings. The van der Waals surface area contributed by atoms with Crippen LogP contribution in [0.2, 0.25) is 0 Å². The van der Waals surface area contributed by atoms with Gasteiger partial charge in [-0.1, -0.05) is 43.5 Å². The van der Waals surface area contributed by atoms with Crippen LogP contribution >= 0.6 is 55.1 Å². The molecule has 13 heteroatoms. The van der Waals surface area contributed by atoms with Crippen LogP contribution in [0.1, 0.15) is 30.7 Å². The third kappa shape index (κ3) is 3.57. The molecule has 37 heavy (non-hydrogen) atoms. The normalized spacial score (nSPS) is 34.9. The lowest BCUT2D eigenvalue weighted by Gasteiger charge is -2.50. The summed E-state index contributed by atoms with van der Waals surface area (Å²) in [7, 11) is 0. The summed E-state index contributed by atoms with van der Waals surface area (Å²) in [4.78, 5) is 62.8. The largest absolute Gasteiger partial charge is 0.508 e. The summed E-state index contributed by atoms with van der Waals surface area (Å²) in [6.45, 7) is -0.266. The molecule has 5 rings (SSSR count). The summed E-state index contributed by atoms with van der Waals surface area (Å²) < 4.78 is 0.582. The van der Waals surface area contributed by atoms with Crippen LogP contribution in [0.4, 0.5) is 0 Å². The number of benzene rings is 1. The number of alkyl halides is 3. The second kappa shape index (κ2) is 9.07. The number of halogens is 4. The van der Waals surface area contributed by atoms with Crippen molar-refractivity contribution >= 4 is 84.7 Å². The van der Waals surface area contributed by atoms with Crippen LogP contribution < -0.4 is 0 Å². The molecular weight excluding hydrogens is 659 g/mol. The molecule has 2 aliphatic heterocycles. The first-order valence-corrected chi connectivity index (χ1v) is 14.1. The molecule has 0 unspecified atom stereocenters. The Morgan fingerprint density at radius 2 is 1.78 bits per heavy atom. The molecule has 9 nitrogen and oxygen atoms in total. The van der Waals surface area contributed by atoms with E-state index in [1.165, 1.54) is 6.07 Å². The fourth-order valence-corrected chi connectivity index (χ4v) is 8.14. The second-order valence-corrected chi connectivity index (χ2v) is 12.3. The van der Waals surface area contributed by atoms with E-state index in [1.54, 1.807) is 18.2 Å². The number of allylic oxidation sites excluding steroid dienone is 2. The van der Waals surface area contributed by atoms with Gasteiger partial charge in [-0.05, 0) is 37.0 Å². The van der Waals surface area contributed by atoms with E-state index in [0.29, 0.717) is 10.0 Å². The number of phenols is 1. The van der Waals surface area contributed by atoms with Crippen LogP contribution in [0, 0.1) is 17.8 Å². The summed E-state index contributed by atoms with van der Waals surface area (Å²) in [6.07, 6.45) is 1.32. The number of rotatable bonds is 5. The van der Waals surface area contributed by atoms with E-state index in [2.05, 4.69) is 31.9 Å². The van der Waals surface area contributed by atoms with Gasteiger partial charge < -0.3 is 10.2 Å². The number of aliphatic carboxylic acids is 1. The molecule has 1 saturated carbocycles. The van der Waals surface area contributed by atoms with Crippen molar-refractivity contribution in [2.45, 2.75) is 34.9 Å². The Labute approximate surface area is 238 Å². The van der Waals surface area contributed by atoms with E-state index >= 15 is 0 Å². The number of amides is 4. The Hall–Kier alpha value is -1.95. The van der Waals surface area contributed by atoms with Crippen LogP contribution in [0.5, 0.6) is 5.75 Å². The van der Waals surface area contributed by atoms with Gasteiger partial charge in [-0.2, -0.15) is 0 Å². The van der Waals surface area contributed by atoms with E-state index in [1.807, 2.05) is 0 Å². The van der Waals surface area contributed by atoms with Crippen molar-refractivity contribution in [1.82, 2.24) is 9.80 Å². The second-order valence-electron chi connectivity index (χ2n) is 9.66. The van der Waals surface area contributed by atoms with Crippen molar-refractivity contribution in [3.63, 3.8) is 0 Å². The molecule has 6 atom stereocenters. The zero-order chi connectivity index (χ0) is 27.0. The number of phenolic OH excluding ortho intramolecular Hbond substituents is 1. The quantitative estimate of drug-likeness (QED) is 0.211. The molecule has 2 heterocycles. The first-order valence-electron chi connectivity index (χ1n) is 11.4. The maximum Gasteiger partial charge on any atom is 0.305 e. The number of imide groups is 2. The van der Waals surface area contributed by atoms with Crippen molar-refractivity contribution in [2.24, 2.45) is 17.8 Å². The third-order valence-electron chi connectivity index (χ3n) is 7.96. The lowest BCUT2D eigenvalue weighted by atomic mass is 9.56. The molecule has 1 aromatic rings. The molecule has 0 spiro atoms. The van der Waals surface area contributed by atoms with Gasteiger partial charge >= 0.3 is 5.97 Å². The monoisotopic (exact) mass is 676 g/mol. The minimum Gasteiger partial charge on any atom is -0.508 e. The van der Waals surface area contributed by atoms with Crippen LogP contribution in [-0.4, -0.2) is 71.4 Å². The molecule has 2 aliphatic carbocycles. The number of carbonyl (C=O) groups is 5. The van der Waals surface area contributed by atoms with Gasteiger partial charge in [-0.3, -0.25) is 33.8 Å². The zero-order valence-electron chi connectivity index (χ0n) is 19.0. The number of aromatic hydroxyl groups is 1. The Morgan fingerprint density at radius 3 is 2.43 bits per heavy atom. The predicted molar refractivity (Wildman–Crippen MR) is 138 cm³/mol. The average Bonchev–Trinajstić information content (AvgIpc) is 3.17. The van der Waals surface area contributed by atoms with Gasteiger partial charge in [0.05, 0.1) is 23.7 Å². The summed E-state index contributed by atoms with van der Waals surface area (Å²) >= 11 is 20.7. The number of hydrogen-bond acceptors (Lipinski definition) is 6. The van der Waals surface area contributed by atoms with Gasteiger partial charge in [-0.25, -0.2) is 0 Å². The maximum atomic E-state index is 13.7. The van der Waals surface area contributed by atoms with E-state index in [0.717, 1.165) is 9.80 Å². The van der Waals surface area contributed by atoms with Gasteiger partial charge in [0.15, 0.2) is 9.75 Å². The molecule has 196 valence electrons. The topological polar surface area (TPSA) is 132 Å². The summed E-state index contributed by atoms with van der Waals surface area (Å²) in [5, 5.41) is 19.9. The minimum absolute atomic E-state index is 0.152. The highest BCUT2D eigenvalue weighted by Crippen LogP contribution is 2.66. The molecule has 2 N–H and O–H groups in total. The molecule has 0 radical (unpaired) electrons. The van der Waals surface area contributed by atoms with Gasteiger partial charge in [0.25, 0.3) is 11.8 Å². The first kappa shape index (κ1) is 26.6. The average molecular weight is 679 g/mol. The molecule has 4 aliphatic rings. The number of carboxylic acids is 1. The Bertz CT molecular complexity index is 1310. The number of likely N-dealkylation sites (tertiary alicyclic amines) is 2. The van der Waals surface area contributed by atoms with Gasteiger partial charge in [0.1, 0.15) is 5.75 Å². The highest BCUT2D eigenvalue weighted by Gasteiger charge is 2.76. The predicted octanol–water partition coefficient (Wildman–Crippen LogP) is 3.34. The summed E-state index contributed by atoms with van der Waals surface area (Å²) in [5.74, 6) is -7.29. The highest BCUT2D eigenvalue weighted by atomic mass is 79.9. The van der Waals surface area contributed by atoms with E-state index in [9.17, 15) is 29.1 Å². The van der Waals surface area contributed by atoms with Crippen LogP contribution in [0.3, 0.4) is 0 Å². The molecular formula is C24H20Br2Cl2N2O7. The van der Waals surface area contributed by atoms with Crippen molar-refractivity contribution in [3.8, 4) is 5.75 Å². The molecule has 0 aromatic heterocycles. The Balaban J connectivity index is 1.69. The standard InChI is InChI=1S/C24H20Br2Cl2N2O7/c25-9-30-21(36)23(27)8-14-11(2-3-12-17(14)20(35)29(19(12)34)6-5-16(32)33)18(24(23,28)22(30)37)13-7-10(26)1-4-15(13)31/h1-2,4,7,12,14,17-18,31H,3,5-6,8-9H2,(H,32,33)/t12-,14+,17-,18+,23+,24-/m0/s1. The summed E-state index contributed by atoms with van der Waals surface area (Å²) in [5.41, 5.74) is 0.640. The van der Waals surface area contributed by atoms with Crippen molar-refractivity contribution in [2.75, 3.05) is 12.0 Å². The van der Waals surface area contributed by atoms with Crippen molar-refractivity contribution in [1.29, 1.82) is 0 Å². The van der Waals surface area contributed by atoms with Crippen molar-refractivity contribution in [3.05, 3.63) is 39.9 Å². The number of fused-ring (bicyclic) bond motifs is 4. The molecule has 4 amide bonds. The van der Waals surface area contributed by atoms with E-state index < -0.39 is 69.4 Å². The Kier molecular flexibility index (Phi) is 6.53. The fourth-order valence-electron chi connectivity index (χ4n) is 6.35. The van der Waals surface area contributed by atoms with Gasteiger partial charge in [-0.15, -0.1) is 23.2 Å². The number of carbonyl (C=O) groups excluding carboxylic acids is 4. The first-order chi connectivity index (χ1) is 17.4.